The van der Waals surface area contributed by atoms with Gasteiger partial charge in [-0.1, -0.05) is 5.92 Å². The van der Waals surface area contributed by atoms with E-state index in [0.717, 1.165) is 12.8 Å². The molecule has 0 aromatic carbocycles. The van der Waals surface area contributed by atoms with Gasteiger partial charge in [0, 0.05) is 12.3 Å². The number of aliphatic hydroxyl groups is 1. The van der Waals surface area contributed by atoms with Crippen LogP contribution < -0.4 is 0 Å². The zero-order valence-corrected chi connectivity index (χ0v) is 5.30. The van der Waals surface area contributed by atoms with Crippen LogP contribution in [0.25, 0.3) is 0 Å². The summed E-state index contributed by atoms with van der Waals surface area (Å²) in [5.74, 6) is 6.96. The van der Waals surface area contributed by atoms with Gasteiger partial charge in [-0.3, -0.25) is 0 Å². The molecule has 3 atom stereocenters. The third kappa shape index (κ3) is 0.668. The SMILES string of the molecule is OC1C2C#CCC1CC2. The lowest BCUT2D eigenvalue weighted by Crippen LogP contribution is -2.22. The van der Waals surface area contributed by atoms with Crippen molar-refractivity contribution >= 4 is 0 Å². The minimum absolute atomic E-state index is 0.0914. The molecule has 0 heterocycles. The molecule has 0 amide bonds. The summed E-state index contributed by atoms with van der Waals surface area (Å²) in [5.41, 5.74) is 0. The van der Waals surface area contributed by atoms with E-state index in [1.165, 1.54) is 6.42 Å². The third-order valence-electron chi connectivity index (χ3n) is 2.40. The molecular weight excluding hydrogens is 112 g/mol. The molecule has 1 heteroatoms. The number of aliphatic hydroxyl groups excluding tert-OH is 1. The van der Waals surface area contributed by atoms with Gasteiger partial charge in [-0.2, -0.15) is 0 Å². The Labute approximate surface area is 55.1 Å². The van der Waals surface area contributed by atoms with Crippen LogP contribution >= 0.6 is 0 Å². The molecule has 3 unspecified atom stereocenters. The van der Waals surface area contributed by atoms with E-state index in [2.05, 4.69) is 11.8 Å². The van der Waals surface area contributed by atoms with Crippen LogP contribution in [0.4, 0.5) is 0 Å². The molecule has 48 valence electrons. The van der Waals surface area contributed by atoms with E-state index in [1.807, 2.05) is 0 Å². The largest absolute Gasteiger partial charge is 0.392 e. The van der Waals surface area contributed by atoms with Crippen molar-refractivity contribution in [1.82, 2.24) is 0 Å². The number of hydrogen-bond donors (Lipinski definition) is 1. The minimum atomic E-state index is -0.0914. The molecule has 0 aliphatic heterocycles. The zero-order valence-electron chi connectivity index (χ0n) is 5.30. The first-order valence-corrected chi connectivity index (χ1v) is 3.54. The molecule has 0 spiro atoms. The lowest BCUT2D eigenvalue weighted by atomic mass is 9.94. The predicted octanol–water partition coefficient (Wildman–Crippen LogP) is 0.781. The Hall–Kier alpha value is -0.480. The lowest BCUT2D eigenvalue weighted by molar-refractivity contribution is 0.109. The molecule has 0 radical (unpaired) electrons. The summed E-state index contributed by atoms with van der Waals surface area (Å²) in [6.07, 6.45) is 3.13. The summed E-state index contributed by atoms with van der Waals surface area (Å²) in [7, 11) is 0. The van der Waals surface area contributed by atoms with Crippen LogP contribution in [0.2, 0.25) is 0 Å². The highest BCUT2D eigenvalue weighted by Crippen LogP contribution is 2.35. The van der Waals surface area contributed by atoms with Crippen LogP contribution in [-0.2, 0) is 0 Å². The Morgan fingerprint density at radius 3 is 2.89 bits per heavy atom. The van der Waals surface area contributed by atoms with E-state index < -0.39 is 0 Å². The highest BCUT2D eigenvalue weighted by Gasteiger charge is 2.34. The highest BCUT2D eigenvalue weighted by molar-refractivity contribution is 5.15. The molecular formula is C8H10O. The molecule has 1 N–H and O–H groups in total. The molecule has 0 aromatic heterocycles. The molecule has 2 bridgehead atoms. The average molecular weight is 122 g/mol. The van der Waals surface area contributed by atoms with Crippen molar-refractivity contribution in [3.63, 3.8) is 0 Å². The van der Waals surface area contributed by atoms with Crippen LogP contribution in [0.15, 0.2) is 0 Å². The van der Waals surface area contributed by atoms with E-state index in [-0.39, 0.29) is 6.10 Å². The smallest absolute Gasteiger partial charge is 0.0714 e. The lowest BCUT2D eigenvalue weighted by Gasteiger charge is -2.16. The molecule has 0 aromatic rings. The second kappa shape index (κ2) is 1.75. The standard InChI is InChI=1S/C8H10O/c9-8-6-2-1-3-7(8)5-4-6/h6-9H,2,4-5H2. The number of hydrogen-bond acceptors (Lipinski definition) is 1. The fraction of sp³-hybridized carbons (Fsp3) is 0.750. The molecule has 2 rings (SSSR count). The van der Waals surface area contributed by atoms with Crippen LogP contribution in [-0.4, -0.2) is 11.2 Å². The predicted molar refractivity (Wildman–Crippen MR) is 34.6 cm³/mol. The Kier molecular flexibility index (Phi) is 1.03. The van der Waals surface area contributed by atoms with Gasteiger partial charge in [0.1, 0.15) is 0 Å². The van der Waals surface area contributed by atoms with Gasteiger partial charge in [0.05, 0.1) is 6.10 Å². The van der Waals surface area contributed by atoms with Crippen LogP contribution in [0.3, 0.4) is 0 Å². The fourth-order valence-corrected chi connectivity index (χ4v) is 1.77. The van der Waals surface area contributed by atoms with Gasteiger partial charge in [0.2, 0.25) is 0 Å². The van der Waals surface area contributed by atoms with E-state index in [1.54, 1.807) is 0 Å². The van der Waals surface area contributed by atoms with E-state index >= 15 is 0 Å². The molecule has 1 saturated carbocycles. The third-order valence-corrected chi connectivity index (χ3v) is 2.40. The Morgan fingerprint density at radius 2 is 2.22 bits per heavy atom. The average Bonchev–Trinajstić information content (AvgIpc) is 2.19. The topological polar surface area (TPSA) is 20.2 Å². The first kappa shape index (κ1) is 5.32. The van der Waals surface area contributed by atoms with Crippen LogP contribution in [0.5, 0.6) is 0 Å². The first-order chi connectivity index (χ1) is 4.38. The molecule has 2 aliphatic rings. The normalized spacial score (nSPS) is 46.1. The Bertz CT molecular complexity index is 175. The minimum Gasteiger partial charge on any atom is -0.392 e. The van der Waals surface area contributed by atoms with Gasteiger partial charge in [0.25, 0.3) is 0 Å². The van der Waals surface area contributed by atoms with E-state index in [0.29, 0.717) is 11.8 Å². The van der Waals surface area contributed by atoms with Crippen molar-refractivity contribution in [3.8, 4) is 11.8 Å². The maximum atomic E-state index is 9.41. The highest BCUT2D eigenvalue weighted by atomic mass is 16.3. The Morgan fingerprint density at radius 1 is 1.33 bits per heavy atom. The number of rotatable bonds is 0. The van der Waals surface area contributed by atoms with Crippen molar-refractivity contribution < 1.29 is 5.11 Å². The van der Waals surface area contributed by atoms with Crippen molar-refractivity contribution in [2.24, 2.45) is 11.8 Å². The van der Waals surface area contributed by atoms with Gasteiger partial charge in [0.15, 0.2) is 0 Å². The summed E-state index contributed by atoms with van der Waals surface area (Å²) in [6, 6.07) is 0. The molecule has 1 fully saturated rings. The first-order valence-electron chi connectivity index (χ1n) is 3.54. The molecule has 0 saturated heterocycles. The summed E-state index contributed by atoms with van der Waals surface area (Å²) < 4.78 is 0. The summed E-state index contributed by atoms with van der Waals surface area (Å²) in [6.45, 7) is 0. The van der Waals surface area contributed by atoms with Gasteiger partial charge < -0.3 is 5.11 Å². The van der Waals surface area contributed by atoms with Gasteiger partial charge in [-0.05, 0) is 18.8 Å². The molecule has 1 nitrogen and oxygen atoms in total. The second-order valence-electron chi connectivity index (χ2n) is 2.96. The van der Waals surface area contributed by atoms with Crippen molar-refractivity contribution in [3.05, 3.63) is 0 Å². The second-order valence-corrected chi connectivity index (χ2v) is 2.96. The van der Waals surface area contributed by atoms with Crippen LogP contribution in [0, 0.1) is 23.7 Å². The fourth-order valence-electron chi connectivity index (χ4n) is 1.77. The summed E-state index contributed by atoms with van der Waals surface area (Å²) in [5, 5.41) is 9.41. The maximum absolute atomic E-state index is 9.41. The number of fused-ring (bicyclic) bond motifs is 2. The van der Waals surface area contributed by atoms with Crippen molar-refractivity contribution in [1.29, 1.82) is 0 Å². The molecule has 2 aliphatic carbocycles. The summed E-state index contributed by atoms with van der Waals surface area (Å²) in [4.78, 5) is 0. The summed E-state index contributed by atoms with van der Waals surface area (Å²) >= 11 is 0. The monoisotopic (exact) mass is 122 g/mol. The maximum Gasteiger partial charge on any atom is 0.0714 e. The van der Waals surface area contributed by atoms with Crippen LogP contribution in [0.1, 0.15) is 19.3 Å². The molecule has 9 heavy (non-hydrogen) atoms. The van der Waals surface area contributed by atoms with Gasteiger partial charge in [-0.25, -0.2) is 0 Å². The van der Waals surface area contributed by atoms with Crippen molar-refractivity contribution in [2.45, 2.75) is 25.4 Å². The van der Waals surface area contributed by atoms with Gasteiger partial charge in [-0.15, -0.1) is 5.92 Å². The van der Waals surface area contributed by atoms with Crippen molar-refractivity contribution in [2.75, 3.05) is 0 Å². The van der Waals surface area contributed by atoms with Gasteiger partial charge >= 0.3 is 0 Å². The quantitative estimate of drug-likeness (QED) is 0.471. The van der Waals surface area contributed by atoms with E-state index in [9.17, 15) is 5.11 Å². The van der Waals surface area contributed by atoms with E-state index in [4.69, 9.17) is 0 Å². The Balaban J connectivity index is 2.26. The zero-order chi connectivity index (χ0) is 6.27.